The van der Waals surface area contributed by atoms with Crippen molar-refractivity contribution in [1.82, 2.24) is 0 Å². The Bertz CT molecular complexity index is 1970. The minimum absolute atomic E-state index is 0.0148. The first-order valence-corrected chi connectivity index (χ1v) is 12.9. The molecule has 0 atom stereocenters. The van der Waals surface area contributed by atoms with E-state index in [0.29, 0.717) is 40.3 Å². The van der Waals surface area contributed by atoms with Gasteiger partial charge in [-0.3, -0.25) is 0 Å². The molecule has 6 aromatic rings. The van der Waals surface area contributed by atoms with Gasteiger partial charge in [0.25, 0.3) is 0 Å². The average molecular weight is 528 g/mol. The van der Waals surface area contributed by atoms with Crippen LogP contribution in [0.25, 0.3) is 21.9 Å². The van der Waals surface area contributed by atoms with Gasteiger partial charge >= 0.3 is 5.97 Å². The van der Waals surface area contributed by atoms with Crippen molar-refractivity contribution in [3.05, 3.63) is 125 Å². The second-order valence-corrected chi connectivity index (χ2v) is 10.0. The molecule has 3 N–H and O–H groups in total. The highest BCUT2D eigenvalue weighted by Gasteiger charge is 2.54. The summed E-state index contributed by atoms with van der Waals surface area (Å²) in [5.41, 5.74) is 4.30. The number of nitrogens with one attached hydrogen (secondary N) is 1. The van der Waals surface area contributed by atoms with E-state index in [1.54, 1.807) is 24.3 Å². The van der Waals surface area contributed by atoms with Gasteiger partial charge in [-0.25, -0.2) is 4.79 Å². The number of ether oxygens (including phenoxy) is 2. The van der Waals surface area contributed by atoms with Crippen molar-refractivity contribution in [2.45, 2.75) is 12.1 Å². The van der Waals surface area contributed by atoms with Crippen molar-refractivity contribution in [3.63, 3.8) is 0 Å². The molecule has 0 radical (unpaired) electrons. The number of para-hydroxylation sites is 1. The molecule has 8 rings (SSSR count). The average Bonchev–Trinajstić information content (AvgIpc) is 3.48. The highest BCUT2D eigenvalue weighted by atomic mass is 16.6. The molecule has 194 valence electrons. The fourth-order valence-electron chi connectivity index (χ4n) is 6.08. The molecule has 7 nitrogen and oxygen atoms in total. The van der Waals surface area contributed by atoms with Crippen LogP contribution in [0.5, 0.6) is 23.0 Å². The van der Waals surface area contributed by atoms with Crippen molar-refractivity contribution in [1.29, 1.82) is 0 Å². The first-order chi connectivity index (χ1) is 19.5. The van der Waals surface area contributed by atoms with Crippen LogP contribution < -0.4 is 10.1 Å². The summed E-state index contributed by atoms with van der Waals surface area (Å²) in [7, 11) is 0. The van der Waals surface area contributed by atoms with Crippen molar-refractivity contribution in [3.8, 4) is 23.0 Å². The van der Waals surface area contributed by atoms with E-state index in [1.165, 1.54) is 12.1 Å². The lowest BCUT2D eigenvalue weighted by Crippen LogP contribution is -2.32. The fourth-order valence-corrected chi connectivity index (χ4v) is 6.08. The summed E-state index contributed by atoms with van der Waals surface area (Å²) >= 11 is 0. The highest BCUT2D eigenvalue weighted by molar-refractivity contribution is 6.11. The monoisotopic (exact) mass is 527 g/mol. The van der Waals surface area contributed by atoms with Crippen LogP contribution in [0.4, 0.5) is 5.69 Å². The quantitative estimate of drug-likeness (QED) is 0.210. The molecule has 0 aliphatic carbocycles. The number of fused-ring (bicyclic) bond motifs is 9. The van der Waals surface area contributed by atoms with Gasteiger partial charge in [0.15, 0.2) is 5.60 Å². The number of phenols is 2. The third-order valence-electron chi connectivity index (χ3n) is 7.76. The summed E-state index contributed by atoms with van der Waals surface area (Å²) in [4.78, 5) is 13.7. The van der Waals surface area contributed by atoms with Crippen molar-refractivity contribution >= 4 is 33.6 Å². The standard InChI is InChI=1S/C33H21NO6/c35-19-11-13-22-28(15-19)39-29-16-20(36)12-14-23(29)33(22)24-7-3-5-18(30(24)32(37)40-33)17-34-25-8-4-10-27-31(25)21-6-1-2-9-26(21)38-27/h1-16,34-36H,17H2. The Labute approximate surface area is 227 Å². The van der Waals surface area contributed by atoms with Gasteiger partial charge in [0.1, 0.15) is 34.2 Å². The van der Waals surface area contributed by atoms with Gasteiger partial charge in [-0.1, -0.05) is 42.5 Å². The summed E-state index contributed by atoms with van der Waals surface area (Å²) in [5.74, 6) is 0.266. The molecule has 0 amide bonds. The molecule has 2 aliphatic heterocycles. The minimum atomic E-state index is -1.30. The first-order valence-electron chi connectivity index (χ1n) is 12.9. The molecule has 0 bridgehead atoms. The molecule has 0 unspecified atom stereocenters. The van der Waals surface area contributed by atoms with Crippen molar-refractivity contribution in [2.24, 2.45) is 0 Å². The second kappa shape index (κ2) is 8.04. The lowest BCUT2D eigenvalue weighted by atomic mass is 9.77. The maximum atomic E-state index is 13.7. The number of hydrogen-bond acceptors (Lipinski definition) is 7. The molecule has 5 aromatic carbocycles. The number of rotatable bonds is 3. The minimum Gasteiger partial charge on any atom is -0.508 e. The van der Waals surface area contributed by atoms with Gasteiger partial charge in [-0.2, -0.15) is 0 Å². The van der Waals surface area contributed by atoms with Gasteiger partial charge in [-0.15, -0.1) is 0 Å². The number of anilines is 1. The lowest BCUT2D eigenvalue weighted by molar-refractivity contribution is 0.0224. The summed E-state index contributed by atoms with van der Waals surface area (Å²) in [6.45, 7) is 0.369. The molecule has 1 aromatic heterocycles. The van der Waals surface area contributed by atoms with E-state index in [4.69, 9.17) is 13.9 Å². The van der Waals surface area contributed by atoms with Crippen molar-refractivity contribution in [2.75, 3.05) is 5.32 Å². The smallest absolute Gasteiger partial charge is 0.340 e. The Morgan fingerprint density at radius 2 is 1.43 bits per heavy atom. The van der Waals surface area contributed by atoms with E-state index < -0.39 is 11.6 Å². The van der Waals surface area contributed by atoms with Crippen LogP contribution in [0, 0.1) is 0 Å². The summed E-state index contributed by atoms with van der Waals surface area (Å²) in [6, 6.07) is 28.9. The van der Waals surface area contributed by atoms with Crippen LogP contribution in [-0.4, -0.2) is 16.2 Å². The number of phenolic OH excluding ortho intramolecular Hbond substituents is 2. The number of furan rings is 1. The SMILES string of the molecule is O=C1OC2(c3ccc(O)cc3Oc3cc(O)ccc32)c2cccc(CNc3cccc4oc5ccccc5c34)c21. The van der Waals surface area contributed by atoms with Crippen LogP contribution >= 0.6 is 0 Å². The zero-order chi connectivity index (χ0) is 27.0. The molecule has 3 heterocycles. The second-order valence-electron chi connectivity index (χ2n) is 10.0. The first kappa shape index (κ1) is 22.5. The molecule has 0 saturated heterocycles. The topological polar surface area (TPSA) is 101 Å². The molecule has 40 heavy (non-hydrogen) atoms. The van der Waals surface area contributed by atoms with E-state index >= 15 is 0 Å². The summed E-state index contributed by atoms with van der Waals surface area (Å²) in [6.07, 6.45) is 0. The van der Waals surface area contributed by atoms with Crippen LogP contribution in [0.1, 0.15) is 32.6 Å². The van der Waals surface area contributed by atoms with Crippen molar-refractivity contribution < 1.29 is 28.9 Å². The zero-order valence-corrected chi connectivity index (χ0v) is 21.0. The number of benzene rings is 5. The van der Waals surface area contributed by atoms with E-state index in [2.05, 4.69) is 5.32 Å². The van der Waals surface area contributed by atoms with E-state index in [1.807, 2.05) is 60.7 Å². The van der Waals surface area contributed by atoms with Gasteiger partial charge < -0.3 is 29.4 Å². The maximum Gasteiger partial charge on any atom is 0.340 e. The number of carbonyl (C=O) groups is 1. The molecule has 7 heteroatoms. The largest absolute Gasteiger partial charge is 0.508 e. The van der Waals surface area contributed by atoms with E-state index in [-0.39, 0.29) is 11.5 Å². The highest BCUT2D eigenvalue weighted by Crippen LogP contribution is 2.57. The van der Waals surface area contributed by atoms with Gasteiger partial charge in [0.2, 0.25) is 0 Å². The van der Waals surface area contributed by atoms with Gasteiger partial charge in [0, 0.05) is 46.4 Å². The van der Waals surface area contributed by atoms with Crippen LogP contribution in [0.2, 0.25) is 0 Å². The lowest BCUT2D eigenvalue weighted by Gasteiger charge is -2.36. The fraction of sp³-hybridized carbons (Fsp3) is 0.0606. The normalized spacial score (nSPS) is 14.4. The summed E-state index contributed by atoms with van der Waals surface area (Å²) < 4.78 is 18.4. The van der Waals surface area contributed by atoms with Crippen LogP contribution in [0.3, 0.4) is 0 Å². The molecule has 2 aliphatic rings. The Hall–Kier alpha value is -5.43. The Kier molecular flexibility index (Phi) is 4.53. The van der Waals surface area contributed by atoms with E-state index in [0.717, 1.165) is 33.2 Å². The van der Waals surface area contributed by atoms with E-state index in [9.17, 15) is 15.0 Å². The van der Waals surface area contributed by atoms with Gasteiger partial charge in [-0.05, 0) is 48.0 Å². The predicted octanol–water partition coefficient (Wildman–Crippen LogP) is 7.18. The zero-order valence-electron chi connectivity index (χ0n) is 21.0. The van der Waals surface area contributed by atoms with Crippen LogP contribution in [0.15, 0.2) is 101 Å². The third-order valence-corrected chi connectivity index (χ3v) is 7.76. The number of carbonyl (C=O) groups excluding carboxylic acids is 1. The molecule has 1 spiro atoms. The number of esters is 1. The van der Waals surface area contributed by atoms with Crippen LogP contribution in [-0.2, 0) is 16.9 Å². The Balaban J connectivity index is 1.27. The number of hydrogen-bond donors (Lipinski definition) is 3. The number of aromatic hydroxyl groups is 2. The molecule has 0 saturated carbocycles. The summed E-state index contributed by atoms with van der Waals surface area (Å²) in [5, 5.41) is 25.8. The van der Waals surface area contributed by atoms with Gasteiger partial charge in [0.05, 0.1) is 10.9 Å². The Morgan fingerprint density at radius 1 is 0.725 bits per heavy atom. The molecule has 0 fully saturated rings. The molecular formula is C33H21NO6. The third kappa shape index (κ3) is 3.03. The molecular weight excluding hydrogens is 506 g/mol. The predicted molar refractivity (Wildman–Crippen MR) is 149 cm³/mol. The maximum absolute atomic E-state index is 13.7. The Morgan fingerprint density at radius 3 is 2.20 bits per heavy atom.